The molecule has 0 saturated heterocycles. The second-order valence-corrected chi connectivity index (χ2v) is 6.12. The first-order valence-corrected chi connectivity index (χ1v) is 8.12. The van der Waals surface area contributed by atoms with Crippen LogP contribution in [0.1, 0.15) is 29.2 Å². The van der Waals surface area contributed by atoms with E-state index in [9.17, 15) is 9.59 Å². The third-order valence-electron chi connectivity index (χ3n) is 4.28. The summed E-state index contributed by atoms with van der Waals surface area (Å²) in [6.07, 6.45) is 2.72. The van der Waals surface area contributed by atoms with Crippen LogP contribution in [0, 0.1) is 13.8 Å². The molecule has 3 aromatic rings. The van der Waals surface area contributed by atoms with Gasteiger partial charge in [-0.05, 0) is 25.5 Å². The standard InChI is InChI=1S/C20H20N2O3/c1-13-4-7-15(8-5-13)18-19(16(10-11-23)20(24)25-3)22-12-14(2)6-9-17(22)21-18/h4-9,11-12,16H,10H2,1-3H3/t16-/m1/s1. The van der Waals surface area contributed by atoms with Gasteiger partial charge < -0.3 is 13.9 Å². The number of carbonyl (C=O) groups is 2. The number of hydrogen-bond acceptors (Lipinski definition) is 4. The van der Waals surface area contributed by atoms with Crippen LogP contribution in [0.4, 0.5) is 0 Å². The fraction of sp³-hybridized carbons (Fsp3) is 0.250. The maximum atomic E-state index is 12.3. The molecule has 128 valence electrons. The van der Waals surface area contributed by atoms with Gasteiger partial charge in [0.2, 0.25) is 0 Å². The summed E-state index contributed by atoms with van der Waals surface area (Å²) >= 11 is 0. The summed E-state index contributed by atoms with van der Waals surface area (Å²) in [5, 5.41) is 0. The summed E-state index contributed by atoms with van der Waals surface area (Å²) in [5.74, 6) is -1.14. The fourth-order valence-electron chi connectivity index (χ4n) is 2.98. The lowest BCUT2D eigenvalue weighted by Crippen LogP contribution is -2.17. The quantitative estimate of drug-likeness (QED) is 0.529. The number of aromatic nitrogens is 2. The number of aldehydes is 1. The van der Waals surface area contributed by atoms with Crippen molar-refractivity contribution in [1.82, 2.24) is 9.38 Å². The number of aryl methyl sites for hydroxylation is 2. The van der Waals surface area contributed by atoms with Crippen LogP contribution in [-0.4, -0.2) is 28.7 Å². The normalized spacial score (nSPS) is 12.1. The molecule has 25 heavy (non-hydrogen) atoms. The van der Waals surface area contributed by atoms with Gasteiger partial charge in [-0.15, -0.1) is 0 Å². The highest BCUT2D eigenvalue weighted by Crippen LogP contribution is 2.32. The zero-order valence-corrected chi connectivity index (χ0v) is 14.5. The van der Waals surface area contributed by atoms with Gasteiger partial charge in [-0.2, -0.15) is 0 Å². The molecule has 0 N–H and O–H groups in total. The molecule has 0 amide bonds. The number of methoxy groups -OCH3 is 1. The molecule has 0 aliphatic rings. The molecular formula is C20H20N2O3. The largest absolute Gasteiger partial charge is 0.468 e. The monoisotopic (exact) mass is 336 g/mol. The van der Waals surface area contributed by atoms with Crippen molar-refractivity contribution in [3.05, 3.63) is 59.4 Å². The Balaban J connectivity index is 2.30. The summed E-state index contributed by atoms with van der Waals surface area (Å²) in [6.45, 7) is 3.99. The Bertz CT molecular complexity index is 926. The van der Waals surface area contributed by atoms with E-state index < -0.39 is 11.9 Å². The summed E-state index contributed by atoms with van der Waals surface area (Å²) in [4.78, 5) is 28.2. The van der Waals surface area contributed by atoms with Crippen molar-refractivity contribution in [2.75, 3.05) is 7.11 Å². The van der Waals surface area contributed by atoms with Crippen LogP contribution in [0.5, 0.6) is 0 Å². The molecule has 3 rings (SSSR count). The van der Waals surface area contributed by atoms with Crippen molar-refractivity contribution in [3.8, 4) is 11.3 Å². The van der Waals surface area contributed by atoms with E-state index in [0.717, 1.165) is 28.6 Å². The van der Waals surface area contributed by atoms with Crippen LogP contribution in [0.3, 0.4) is 0 Å². The van der Waals surface area contributed by atoms with Crippen molar-refractivity contribution in [3.63, 3.8) is 0 Å². The highest BCUT2D eigenvalue weighted by molar-refractivity contribution is 5.84. The minimum Gasteiger partial charge on any atom is -0.468 e. The molecule has 5 heteroatoms. The molecule has 0 unspecified atom stereocenters. The number of fused-ring (bicyclic) bond motifs is 1. The van der Waals surface area contributed by atoms with Crippen molar-refractivity contribution >= 4 is 17.9 Å². The van der Waals surface area contributed by atoms with Crippen LogP contribution in [-0.2, 0) is 14.3 Å². The molecule has 0 bridgehead atoms. The Kier molecular flexibility index (Phi) is 4.65. The third kappa shape index (κ3) is 3.18. The molecule has 0 spiro atoms. The molecule has 0 aliphatic carbocycles. The molecule has 2 heterocycles. The van der Waals surface area contributed by atoms with Gasteiger partial charge in [-0.3, -0.25) is 4.79 Å². The predicted molar refractivity (Wildman–Crippen MR) is 95.5 cm³/mol. The topological polar surface area (TPSA) is 60.7 Å². The number of carbonyl (C=O) groups excluding carboxylic acids is 2. The second kappa shape index (κ2) is 6.89. The van der Waals surface area contributed by atoms with Crippen LogP contribution in [0.2, 0.25) is 0 Å². The highest BCUT2D eigenvalue weighted by atomic mass is 16.5. The second-order valence-electron chi connectivity index (χ2n) is 6.12. The minimum absolute atomic E-state index is 0.0489. The molecule has 0 fully saturated rings. The molecule has 0 saturated carbocycles. The van der Waals surface area contributed by atoms with E-state index in [1.807, 2.05) is 60.8 Å². The zero-order valence-electron chi connectivity index (χ0n) is 14.5. The Morgan fingerprint density at radius 2 is 1.84 bits per heavy atom. The van der Waals surface area contributed by atoms with E-state index in [2.05, 4.69) is 0 Å². The van der Waals surface area contributed by atoms with E-state index in [-0.39, 0.29) is 6.42 Å². The highest BCUT2D eigenvalue weighted by Gasteiger charge is 2.29. The maximum Gasteiger partial charge on any atom is 0.315 e. The minimum atomic E-state index is -0.699. The number of rotatable bonds is 5. The Morgan fingerprint density at radius 3 is 2.48 bits per heavy atom. The lowest BCUT2D eigenvalue weighted by atomic mass is 9.97. The van der Waals surface area contributed by atoms with Gasteiger partial charge in [0.1, 0.15) is 17.9 Å². The van der Waals surface area contributed by atoms with Gasteiger partial charge in [0, 0.05) is 18.2 Å². The average molecular weight is 336 g/mol. The number of benzene rings is 1. The van der Waals surface area contributed by atoms with Gasteiger partial charge in [0.05, 0.1) is 18.5 Å². The first-order valence-electron chi connectivity index (χ1n) is 8.12. The van der Waals surface area contributed by atoms with Crippen LogP contribution in [0.25, 0.3) is 16.9 Å². The van der Waals surface area contributed by atoms with Gasteiger partial charge in [-0.1, -0.05) is 35.9 Å². The van der Waals surface area contributed by atoms with Crippen molar-refractivity contribution in [1.29, 1.82) is 0 Å². The summed E-state index contributed by atoms with van der Waals surface area (Å²) in [5.41, 5.74) is 5.20. The molecule has 0 aliphatic heterocycles. The maximum absolute atomic E-state index is 12.3. The smallest absolute Gasteiger partial charge is 0.315 e. The first-order chi connectivity index (χ1) is 12.0. The predicted octanol–water partition coefficient (Wildman–Crippen LogP) is 3.46. The van der Waals surface area contributed by atoms with Gasteiger partial charge in [-0.25, -0.2) is 4.98 Å². The molecule has 1 aromatic carbocycles. The van der Waals surface area contributed by atoms with Crippen LogP contribution in [0.15, 0.2) is 42.6 Å². The summed E-state index contributed by atoms with van der Waals surface area (Å²) in [7, 11) is 1.33. The number of ether oxygens (including phenoxy) is 1. The molecule has 2 aromatic heterocycles. The van der Waals surface area contributed by atoms with Gasteiger partial charge in [0.25, 0.3) is 0 Å². The Hall–Kier alpha value is -2.95. The number of esters is 1. The van der Waals surface area contributed by atoms with Crippen molar-refractivity contribution in [2.45, 2.75) is 26.2 Å². The van der Waals surface area contributed by atoms with E-state index in [1.165, 1.54) is 7.11 Å². The van der Waals surface area contributed by atoms with Gasteiger partial charge in [0.15, 0.2) is 0 Å². The lowest BCUT2D eigenvalue weighted by Gasteiger charge is -2.14. The van der Waals surface area contributed by atoms with Crippen molar-refractivity contribution in [2.24, 2.45) is 0 Å². The Labute approximate surface area is 146 Å². The van der Waals surface area contributed by atoms with E-state index in [4.69, 9.17) is 9.72 Å². The van der Waals surface area contributed by atoms with Gasteiger partial charge >= 0.3 is 5.97 Å². The first kappa shape index (κ1) is 16.9. The number of imidazole rings is 1. The van der Waals surface area contributed by atoms with E-state index >= 15 is 0 Å². The van der Waals surface area contributed by atoms with Crippen LogP contribution < -0.4 is 0 Å². The molecule has 5 nitrogen and oxygen atoms in total. The molecular weight excluding hydrogens is 316 g/mol. The molecule has 1 atom stereocenters. The lowest BCUT2D eigenvalue weighted by molar-refractivity contribution is -0.143. The summed E-state index contributed by atoms with van der Waals surface area (Å²) < 4.78 is 6.82. The SMILES string of the molecule is COC(=O)[C@H](CC=O)c1c(-c2ccc(C)cc2)nc2ccc(C)cn12. The molecule has 0 radical (unpaired) electrons. The number of nitrogens with zero attached hydrogens (tertiary/aromatic N) is 2. The van der Waals surface area contributed by atoms with Crippen LogP contribution >= 0.6 is 0 Å². The Morgan fingerprint density at radius 1 is 1.16 bits per heavy atom. The number of pyridine rings is 1. The van der Waals surface area contributed by atoms with Crippen molar-refractivity contribution < 1.29 is 14.3 Å². The summed E-state index contributed by atoms with van der Waals surface area (Å²) in [6, 6.07) is 11.8. The van der Waals surface area contributed by atoms with E-state index in [1.54, 1.807) is 0 Å². The fourth-order valence-corrected chi connectivity index (χ4v) is 2.98. The zero-order chi connectivity index (χ0) is 18.0. The average Bonchev–Trinajstić information content (AvgIpc) is 2.98. The number of hydrogen-bond donors (Lipinski definition) is 0. The van der Waals surface area contributed by atoms with E-state index in [0.29, 0.717) is 11.4 Å². The third-order valence-corrected chi connectivity index (χ3v) is 4.28.